The maximum Gasteiger partial charge on any atom is 0.132 e. The highest BCUT2D eigenvalue weighted by Gasteiger charge is 2.44. The minimum absolute atomic E-state index is 0.115. The second-order valence-corrected chi connectivity index (χ2v) is 6.43. The van der Waals surface area contributed by atoms with Crippen LogP contribution in [-0.4, -0.2) is 34.3 Å². The van der Waals surface area contributed by atoms with Crippen LogP contribution in [0.5, 0.6) is 0 Å². The summed E-state index contributed by atoms with van der Waals surface area (Å²) in [5.74, 6) is 1.97. The standard InChI is InChI=1S/C16H25N3O/c1-3-14-17-12(2)10-15(18-14)19-9-5-8-16(11-19)7-4-6-13(16)20/h10,13,20H,3-9,11H2,1-2H3/t13-,16-/m1/s1. The first kappa shape index (κ1) is 13.8. The molecule has 2 heterocycles. The lowest BCUT2D eigenvalue weighted by molar-refractivity contribution is 0.0407. The van der Waals surface area contributed by atoms with Crippen LogP contribution in [0.3, 0.4) is 0 Å². The highest BCUT2D eigenvalue weighted by molar-refractivity contribution is 5.41. The molecule has 1 saturated heterocycles. The smallest absolute Gasteiger partial charge is 0.132 e. The van der Waals surface area contributed by atoms with E-state index in [0.717, 1.165) is 69.0 Å². The van der Waals surface area contributed by atoms with Crippen molar-refractivity contribution >= 4 is 5.82 Å². The lowest BCUT2D eigenvalue weighted by Gasteiger charge is -2.43. The predicted molar refractivity (Wildman–Crippen MR) is 79.9 cm³/mol. The molecule has 0 aromatic carbocycles. The van der Waals surface area contributed by atoms with E-state index in [1.807, 2.05) is 6.92 Å². The fourth-order valence-corrected chi connectivity index (χ4v) is 3.88. The van der Waals surface area contributed by atoms with E-state index in [4.69, 9.17) is 0 Å². The maximum absolute atomic E-state index is 10.4. The van der Waals surface area contributed by atoms with Gasteiger partial charge in [-0.05, 0) is 32.6 Å². The molecule has 1 spiro atoms. The van der Waals surface area contributed by atoms with Gasteiger partial charge >= 0.3 is 0 Å². The average Bonchev–Trinajstić information content (AvgIpc) is 2.79. The van der Waals surface area contributed by atoms with Gasteiger partial charge in [0.05, 0.1) is 6.10 Å². The van der Waals surface area contributed by atoms with E-state index in [0.29, 0.717) is 0 Å². The first-order valence-electron chi connectivity index (χ1n) is 7.90. The predicted octanol–water partition coefficient (Wildman–Crippen LogP) is 2.48. The Kier molecular flexibility index (Phi) is 3.67. The molecule has 1 N–H and O–H groups in total. The van der Waals surface area contributed by atoms with Crippen LogP contribution < -0.4 is 4.90 Å². The number of aliphatic hydroxyl groups excluding tert-OH is 1. The molecule has 20 heavy (non-hydrogen) atoms. The van der Waals surface area contributed by atoms with Crippen molar-refractivity contribution in [1.82, 2.24) is 9.97 Å². The summed E-state index contributed by atoms with van der Waals surface area (Å²) in [6, 6.07) is 2.08. The largest absolute Gasteiger partial charge is 0.392 e. The molecule has 2 fully saturated rings. The number of aliphatic hydroxyl groups is 1. The third kappa shape index (κ3) is 2.41. The third-order valence-electron chi connectivity index (χ3n) is 4.99. The third-order valence-corrected chi connectivity index (χ3v) is 4.99. The minimum atomic E-state index is -0.126. The highest BCUT2D eigenvalue weighted by Crippen LogP contribution is 2.45. The first-order chi connectivity index (χ1) is 9.63. The van der Waals surface area contributed by atoms with Gasteiger partial charge in [0.2, 0.25) is 0 Å². The van der Waals surface area contributed by atoms with Crippen LogP contribution in [0, 0.1) is 12.3 Å². The van der Waals surface area contributed by atoms with Gasteiger partial charge in [-0.2, -0.15) is 0 Å². The van der Waals surface area contributed by atoms with E-state index in [1.165, 1.54) is 0 Å². The molecule has 110 valence electrons. The molecular weight excluding hydrogens is 250 g/mol. The molecule has 1 aliphatic heterocycles. The number of anilines is 1. The maximum atomic E-state index is 10.4. The molecule has 3 rings (SSSR count). The molecule has 2 aliphatic rings. The van der Waals surface area contributed by atoms with Crippen molar-refractivity contribution in [2.45, 2.75) is 58.5 Å². The van der Waals surface area contributed by atoms with Crippen molar-refractivity contribution in [2.75, 3.05) is 18.0 Å². The zero-order valence-electron chi connectivity index (χ0n) is 12.6. The zero-order valence-corrected chi connectivity index (χ0v) is 12.6. The summed E-state index contributed by atoms with van der Waals surface area (Å²) >= 11 is 0. The minimum Gasteiger partial charge on any atom is -0.392 e. The number of hydrogen-bond donors (Lipinski definition) is 1. The second kappa shape index (κ2) is 5.32. The van der Waals surface area contributed by atoms with Crippen molar-refractivity contribution in [1.29, 1.82) is 0 Å². The van der Waals surface area contributed by atoms with Gasteiger partial charge in [-0.1, -0.05) is 13.3 Å². The summed E-state index contributed by atoms with van der Waals surface area (Å²) in [5.41, 5.74) is 1.15. The summed E-state index contributed by atoms with van der Waals surface area (Å²) in [6.45, 7) is 6.13. The summed E-state index contributed by atoms with van der Waals surface area (Å²) in [5, 5.41) is 10.4. The van der Waals surface area contributed by atoms with Crippen molar-refractivity contribution in [2.24, 2.45) is 5.41 Å². The molecule has 0 radical (unpaired) electrons. The Balaban J connectivity index is 1.85. The van der Waals surface area contributed by atoms with Crippen molar-refractivity contribution in [3.05, 3.63) is 17.6 Å². The lowest BCUT2D eigenvalue weighted by Crippen LogP contribution is -2.47. The number of piperidine rings is 1. The van der Waals surface area contributed by atoms with Gasteiger partial charge in [0, 0.05) is 36.7 Å². The van der Waals surface area contributed by atoms with E-state index in [-0.39, 0.29) is 11.5 Å². The normalized spacial score (nSPS) is 30.1. The fraction of sp³-hybridized carbons (Fsp3) is 0.750. The molecule has 1 saturated carbocycles. The van der Waals surface area contributed by atoms with Gasteiger partial charge in [-0.3, -0.25) is 0 Å². The Morgan fingerprint density at radius 2 is 2.15 bits per heavy atom. The Labute approximate surface area is 121 Å². The van der Waals surface area contributed by atoms with E-state index < -0.39 is 0 Å². The topological polar surface area (TPSA) is 49.2 Å². The van der Waals surface area contributed by atoms with E-state index in [9.17, 15) is 5.11 Å². The molecule has 0 bridgehead atoms. The van der Waals surface area contributed by atoms with E-state index in [2.05, 4.69) is 27.9 Å². The van der Waals surface area contributed by atoms with Crippen LogP contribution in [0.2, 0.25) is 0 Å². The molecule has 0 amide bonds. The molecule has 0 unspecified atom stereocenters. The Bertz CT molecular complexity index is 491. The van der Waals surface area contributed by atoms with Crippen LogP contribution >= 0.6 is 0 Å². The van der Waals surface area contributed by atoms with Crippen LogP contribution in [0.4, 0.5) is 5.82 Å². The van der Waals surface area contributed by atoms with Gasteiger partial charge in [0.25, 0.3) is 0 Å². The highest BCUT2D eigenvalue weighted by atomic mass is 16.3. The average molecular weight is 275 g/mol. The summed E-state index contributed by atoms with van der Waals surface area (Å²) < 4.78 is 0. The summed E-state index contributed by atoms with van der Waals surface area (Å²) in [7, 11) is 0. The Hall–Kier alpha value is -1.16. The Morgan fingerprint density at radius 3 is 2.85 bits per heavy atom. The van der Waals surface area contributed by atoms with Crippen LogP contribution in [0.25, 0.3) is 0 Å². The molecule has 1 aromatic rings. The summed E-state index contributed by atoms with van der Waals surface area (Å²) in [4.78, 5) is 11.5. The SMILES string of the molecule is CCc1nc(C)cc(N2CCC[C@]3(CCC[C@H]3O)C2)n1. The number of aryl methyl sites for hydroxylation is 2. The molecule has 1 aromatic heterocycles. The van der Waals surface area contributed by atoms with Gasteiger partial charge in [0.1, 0.15) is 11.6 Å². The molecule has 2 atom stereocenters. The van der Waals surface area contributed by atoms with Crippen LogP contribution in [0.1, 0.15) is 50.5 Å². The van der Waals surface area contributed by atoms with Gasteiger partial charge < -0.3 is 10.0 Å². The quantitative estimate of drug-likeness (QED) is 0.901. The van der Waals surface area contributed by atoms with Gasteiger partial charge in [0.15, 0.2) is 0 Å². The lowest BCUT2D eigenvalue weighted by atomic mass is 9.77. The van der Waals surface area contributed by atoms with Gasteiger partial charge in [-0.15, -0.1) is 0 Å². The first-order valence-corrected chi connectivity index (χ1v) is 7.90. The number of aromatic nitrogens is 2. The van der Waals surface area contributed by atoms with E-state index in [1.54, 1.807) is 0 Å². The molecule has 1 aliphatic carbocycles. The van der Waals surface area contributed by atoms with Crippen molar-refractivity contribution < 1.29 is 5.11 Å². The monoisotopic (exact) mass is 275 g/mol. The van der Waals surface area contributed by atoms with Crippen LogP contribution in [-0.2, 0) is 6.42 Å². The number of hydrogen-bond acceptors (Lipinski definition) is 4. The van der Waals surface area contributed by atoms with Gasteiger partial charge in [-0.25, -0.2) is 9.97 Å². The number of nitrogens with zero attached hydrogens (tertiary/aromatic N) is 3. The molecule has 4 heteroatoms. The fourth-order valence-electron chi connectivity index (χ4n) is 3.88. The van der Waals surface area contributed by atoms with E-state index >= 15 is 0 Å². The van der Waals surface area contributed by atoms with Crippen molar-refractivity contribution in [3.8, 4) is 0 Å². The number of rotatable bonds is 2. The Morgan fingerprint density at radius 1 is 1.35 bits per heavy atom. The van der Waals surface area contributed by atoms with Crippen LogP contribution in [0.15, 0.2) is 6.07 Å². The summed E-state index contributed by atoms with van der Waals surface area (Å²) in [6.07, 6.45) is 6.36. The second-order valence-electron chi connectivity index (χ2n) is 6.43. The molecule has 4 nitrogen and oxygen atoms in total. The zero-order chi connectivity index (χ0) is 14.2. The molecular formula is C16H25N3O. The van der Waals surface area contributed by atoms with Crippen molar-refractivity contribution in [3.63, 3.8) is 0 Å².